The molecule has 3 N–H and O–H groups in total. The molecule has 4 aromatic carbocycles. The summed E-state index contributed by atoms with van der Waals surface area (Å²) in [5.74, 6) is 13.5. The molecule has 0 radical (unpaired) electrons. The second-order valence-electron chi connectivity index (χ2n) is 16.0. The van der Waals surface area contributed by atoms with E-state index in [1.807, 2.05) is 38.1 Å². The van der Waals surface area contributed by atoms with Crippen molar-refractivity contribution in [3.8, 4) is 0 Å². The topological polar surface area (TPSA) is 91.1 Å². The third-order valence-corrected chi connectivity index (χ3v) is 17.3. The van der Waals surface area contributed by atoms with Crippen molar-refractivity contribution in [2.75, 3.05) is 46.0 Å². The Balaban J connectivity index is -0.000000352. The molecule has 0 spiro atoms. The summed E-state index contributed by atoms with van der Waals surface area (Å²) in [6, 6.07) is 26.5. The van der Waals surface area contributed by atoms with Crippen LogP contribution in [0.3, 0.4) is 0 Å². The smallest absolute Gasteiger partial charge is 1.00 e. The molecule has 1 atom stereocenters. The summed E-state index contributed by atoms with van der Waals surface area (Å²) >= 11 is 9.60. The zero-order valence-corrected chi connectivity index (χ0v) is 46.8. The van der Waals surface area contributed by atoms with E-state index in [9.17, 15) is 22.4 Å². The zero-order valence-electron chi connectivity index (χ0n) is 39.3. The van der Waals surface area contributed by atoms with Crippen molar-refractivity contribution >= 4 is 62.7 Å². The number of thioether (sulfide) groups is 2. The van der Waals surface area contributed by atoms with Gasteiger partial charge in [-0.05, 0) is 184 Å². The SMILES string of the molecule is C.C1CCSC1.C1CCSC1.CC(C)=O.CC1(C)OC1c1ccc(F)cc1.Fc1ccc(CCl)cc1.Fc1ccc(C[S+]2CCCC2)cc1.Fc1ccc(C[S+]2CCCC2)cc1.O.[Cl-].[Cl-].[Na+].[OH-]. The van der Waals surface area contributed by atoms with Gasteiger partial charge in [-0.15, -0.1) is 11.6 Å². The molecule has 0 aliphatic carbocycles. The van der Waals surface area contributed by atoms with Crippen LogP contribution in [0.25, 0.3) is 0 Å². The van der Waals surface area contributed by atoms with Crippen molar-refractivity contribution in [2.45, 2.75) is 116 Å². The van der Waals surface area contributed by atoms with Gasteiger partial charge in [0.2, 0.25) is 0 Å². The third-order valence-electron chi connectivity index (χ3n) is 9.69. The molecule has 1 unspecified atom stereocenters. The van der Waals surface area contributed by atoms with Gasteiger partial charge in [0.05, 0.1) is 5.60 Å². The van der Waals surface area contributed by atoms with Gasteiger partial charge in [0.25, 0.3) is 0 Å². The first-order chi connectivity index (χ1) is 29.3. The predicted molar refractivity (Wildman–Crippen MR) is 275 cm³/mol. The number of epoxide rings is 1. The second-order valence-corrected chi connectivity index (χ2v) is 23.3. The van der Waals surface area contributed by atoms with Gasteiger partial charge in [0, 0.05) is 17.0 Å². The van der Waals surface area contributed by atoms with Crippen LogP contribution in [-0.2, 0) is 48.7 Å². The van der Waals surface area contributed by atoms with Crippen LogP contribution in [0.1, 0.15) is 115 Å². The average molecular weight is 1080 g/mol. The Morgan fingerprint density at radius 3 is 1.06 bits per heavy atom. The van der Waals surface area contributed by atoms with Gasteiger partial charge < -0.3 is 45.3 Å². The van der Waals surface area contributed by atoms with Crippen LogP contribution in [0.4, 0.5) is 17.6 Å². The Labute approximate surface area is 455 Å². The first-order valence-electron chi connectivity index (χ1n) is 21.5. The number of carbonyl (C=O) groups excluding carboxylic acids is 1. The fourth-order valence-electron chi connectivity index (χ4n) is 6.32. The molecule has 0 aromatic heterocycles. The number of ketones is 1. The van der Waals surface area contributed by atoms with E-state index in [1.165, 1.54) is 158 Å². The van der Waals surface area contributed by atoms with Crippen LogP contribution in [-0.4, -0.2) is 68.4 Å². The fraction of sp³-hybridized carbons (Fsp3) is 0.510. The number of carbonyl (C=O) groups is 1. The Hall–Kier alpha value is -0.580. The van der Waals surface area contributed by atoms with Gasteiger partial charge >= 0.3 is 29.6 Å². The number of hydrogen-bond donors (Lipinski definition) is 0. The van der Waals surface area contributed by atoms with Gasteiger partial charge in [0.1, 0.15) is 69.7 Å². The van der Waals surface area contributed by atoms with Crippen molar-refractivity contribution in [3.63, 3.8) is 0 Å². The van der Waals surface area contributed by atoms with E-state index in [4.69, 9.17) is 16.3 Å². The van der Waals surface area contributed by atoms with Crippen LogP contribution < -0.4 is 54.4 Å². The van der Waals surface area contributed by atoms with E-state index in [0.717, 1.165) is 11.1 Å². The Bertz CT molecular complexity index is 1660. The molecule has 0 amide bonds. The van der Waals surface area contributed by atoms with E-state index >= 15 is 0 Å². The van der Waals surface area contributed by atoms with Crippen molar-refractivity contribution in [1.29, 1.82) is 0 Å². The molecule has 5 heterocycles. The Morgan fingerprint density at radius 1 is 0.582 bits per heavy atom. The number of hydrogen-bond acceptors (Lipinski definition) is 5. The summed E-state index contributed by atoms with van der Waals surface area (Å²) < 4.78 is 55.3. The van der Waals surface area contributed by atoms with Crippen LogP contribution in [0, 0.1) is 23.3 Å². The monoisotopic (exact) mass is 1080 g/mol. The van der Waals surface area contributed by atoms with Gasteiger partial charge in [-0.3, -0.25) is 0 Å². The zero-order chi connectivity index (χ0) is 44.3. The molecule has 5 aliphatic rings. The number of rotatable bonds is 6. The summed E-state index contributed by atoms with van der Waals surface area (Å²) in [7, 11) is 1.19. The first kappa shape index (κ1) is 73.0. The van der Waals surface area contributed by atoms with Crippen LogP contribution in [0.2, 0.25) is 0 Å². The molecular weight excluding hydrogens is 1010 g/mol. The standard InChI is InChI=1S/2C11H14FS.C10H11FO.C7H6ClF.2C4H8S.C3H6O.CH4.2ClH.Na.2H2O/c2*12-11-5-3-10(4-6-11)9-13-7-1-2-8-13;1-10(2)9(12-10)7-3-5-8(11)6-4-7;8-5-6-1-3-7(9)4-2-6;2*1-2-4-5-3-1;1-3(2)4;;;;;;/h2*3-6H,1-2,7-9H2;3-6,9H,1-2H3;1-4H,5H2;2*1-4H2;1-2H3;1H4;2*1H;;2*1H2/q2*+1;;;;;;;;;+1;;/p-3. The summed E-state index contributed by atoms with van der Waals surface area (Å²) in [5, 5.41) is 0. The third kappa shape index (κ3) is 35.2. The number of benzene rings is 4. The molecule has 0 bridgehead atoms. The molecule has 16 heteroatoms. The van der Waals surface area contributed by atoms with Gasteiger partial charge in [-0.2, -0.15) is 23.5 Å². The molecular formula is C51H74Cl3F4NaO4S4. The van der Waals surface area contributed by atoms with Crippen molar-refractivity contribution < 1.29 is 92.4 Å². The summed E-state index contributed by atoms with van der Waals surface area (Å²) in [5.41, 5.74) is 4.54. The first-order valence-corrected chi connectivity index (χ1v) is 27.8. The minimum Gasteiger partial charge on any atom is -1.00 e. The van der Waals surface area contributed by atoms with E-state index in [0.29, 0.717) is 27.7 Å². The van der Waals surface area contributed by atoms with E-state index in [-0.39, 0.29) is 114 Å². The molecule has 9 rings (SSSR count). The van der Waals surface area contributed by atoms with Gasteiger partial charge in [-0.25, -0.2) is 17.6 Å². The number of alkyl halides is 1. The van der Waals surface area contributed by atoms with Gasteiger partial charge in [-0.1, -0.05) is 56.0 Å². The quantitative estimate of drug-likeness (QED) is 0.0895. The van der Waals surface area contributed by atoms with E-state index < -0.39 is 0 Å². The van der Waals surface area contributed by atoms with E-state index in [1.54, 1.807) is 48.5 Å². The van der Waals surface area contributed by atoms with Crippen molar-refractivity contribution in [2.24, 2.45) is 0 Å². The second kappa shape index (κ2) is 43.0. The van der Waals surface area contributed by atoms with Crippen LogP contribution in [0.15, 0.2) is 97.1 Å². The molecule has 0 saturated carbocycles. The summed E-state index contributed by atoms with van der Waals surface area (Å²) in [6.45, 7) is 7.11. The molecule has 5 aliphatic heterocycles. The Morgan fingerprint density at radius 2 is 0.836 bits per heavy atom. The molecule has 5 fully saturated rings. The number of ether oxygens (including phenoxy) is 1. The molecule has 67 heavy (non-hydrogen) atoms. The maximum absolute atomic E-state index is 12.6. The summed E-state index contributed by atoms with van der Waals surface area (Å²) in [6.07, 6.45) is 11.6. The molecule has 5 saturated heterocycles. The minimum atomic E-state index is -0.219. The normalized spacial score (nSPS) is 16.8. The Kier molecular flexibility index (Phi) is 46.9. The number of Topliss-reactive ketones (excluding diaryl/α,β-unsaturated/α-hetero) is 1. The fourth-order valence-corrected chi connectivity index (χ4v) is 13.3. The van der Waals surface area contributed by atoms with Crippen LogP contribution >= 0.6 is 35.1 Å². The minimum absolute atomic E-state index is 0. The van der Waals surface area contributed by atoms with Gasteiger partial charge in [0.15, 0.2) is 0 Å². The average Bonchev–Trinajstić information content (AvgIpc) is 4.03. The van der Waals surface area contributed by atoms with E-state index in [2.05, 4.69) is 23.5 Å². The maximum atomic E-state index is 12.6. The predicted octanol–water partition coefficient (Wildman–Crippen LogP) is 4.98. The largest absolute Gasteiger partial charge is 1.00 e. The molecule has 4 aromatic rings. The van der Waals surface area contributed by atoms with Crippen molar-refractivity contribution in [3.05, 3.63) is 143 Å². The van der Waals surface area contributed by atoms with Crippen molar-refractivity contribution in [1.82, 2.24) is 0 Å². The number of halogens is 7. The summed E-state index contributed by atoms with van der Waals surface area (Å²) in [4.78, 5) is 9.44. The molecule has 4 nitrogen and oxygen atoms in total. The van der Waals surface area contributed by atoms with Crippen LogP contribution in [0.5, 0.6) is 0 Å². The molecule has 376 valence electrons. The maximum Gasteiger partial charge on any atom is 1.00 e.